The molecule has 1 aliphatic rings. The fourth-order valence-electron chi connectivity index (χ4n) is 1.48. The minimum absolute atomic E-state index is 0.583. The van der Waals surface area contributed by atoms with Crippen LogP contribution in [0.2, 0.25) is 0 Å². The van der Waals surface area contributed by atoms with Crippen molar-refractivity contribution in [2.45, 2.75) is 13.0 Å². The second-order valence-electron chi connectivity index (χ2n) is 3.31. The Bertz CT molecular complexity index is 279. The van der Waals surface area contributed by atoms with Gasteiger partial charge in [0.25, 0.3) is 0 Å². The molecule has 13 heavy (non-hydrogen) atoms. The fourth-order valence-corrected chi connectivity index (χ4v) is 2.13. The Morgan fingerprint density at radius 3 is 3.08 bits per heavy atom. The van der Waals surface area contributed by atoms with Crippen molar-refractivity contribution in [3.63, 3.8) is 0 Å². The fraction of sp³-hybridized carbons (Fsp3) is 0.625. The lowest BCUT2D eigenvalue weighted by Crippen LogP contribution is -2.54. The number of likely N-dealkylation sites (N-methyl/N-ethyl adjacent to an activating group) is 1. The van der Waals surface area contributed by atoms with E-state index in [0.29, 0.717) is 11.9 Å². The first-order valence-electron chi connectivity index (χ1n) is 4.49. The quantitative estimate of drug-likeness (QED) is 0.755. The monoisotopic (exact) mass is 198 g/mol. The summed E-state index contributed by atoms with van der Waals surface area (Å²) in [6.45, 7) is 5.59. The van der Waals surface area contributed by atoms with Crippen LogP contribution in [-0.4, -0.2) is 34.9 Å². The molecule has 1 aliphatic heterocycles. The number of hydrogen-bond donors (Lipinski definition) is 2. The molecule has 72 valence electrons. The molecular weight excluding hydrogens is 184 g/mol. The van der Waals surface area contributed by atoms with E-state index in [0.717, 1.165) is 24.6 Å². The van der Waals surface area contributed by atoms with Crippen molar-refractivity contribution in [2.75, 3.05) is 30.7 Å². The number of anilines is 2. The van der Waals surface area contributed by atoms with Gasteiger partial charge in [-0.05, 0) is 18.1 Å². The van der Waals surface area contributed by atoms with Crippen LogP contribution in [0.1, 0.15) is 6.92 Å². The first-order chi connectivity index (χ1) is 6.28. The van der Waals surface area contributed by atoms with Gasteiger partial charge in [-0.15, -0.1) is 0 Å². The maximum atomic E-state index is 5.52. The first kappa shape index (κ1) is 8.77. The Hall–Kier alpha value is -0.810. The number of nitrogens with two attached hydrogens (primary N) is 1. The SMILES string of the molecule is CCN1CC(Nc2cc(N)ns2)C1. The molecule has 0 atom stereocenters. The number of hydrogen-bond acceptors (Lipinski definition) is 5. The molecule has 4 nitrogen and oxygen atoms in total. The van der Waals surface area contributed by atoms with Gasteiger partial charge < -0.3 is 11.1 Å². The van der Waals surface area contributed by atoms with Gasteiger partial charge in [-0.2, -0.15) is 4.37 Å². The van der Waals surface area contributed by atoms with Crippen LogP contribution in [-0.2, 0) is 0 Å². The topological polar surface area (TPSA) is 54.2 Å². The molecule has 0 aliphatic carbocycles. The van der Waals surface area contributed by atoms with Crippen molar-refractivity contribution in [3.05, 3.63) is 6.07 Å². The molecule has 0 unspecified atom stereocenters. The van der Waals surface area contributed by atoms with Crippen LogP contribution in [0.4, 0.5) is 10.8 Å². The number of likely N-dealkylation sites (tertiary alicyclic amines) is 1. The summed E-state index contributed by atoms with van der Waals surface area (Å²) in [6, 6.07) is 2.47. The standard InChI is InChI=1S/C8H14N4S/c1-2-12-4-6(5-12)10-8-3-7(9)11-13-8/h3,6,10H,2,4-5H2,1H3,(H2,9,11). The minimum Gasteiger partial charge on any atom is -0.383 e. The molecule has 0 saturated carbocycles. The van der Waals surface area contributed by atoms with E-state index in [1.165, 1.54) is 11.5 Å². The molecule has 0 spiro atoms. The third-order valence-electron chi connectivity index (χ3n) is 2.28. The van der Waals surface area contributed by atoms with Gasteiger partial charge in [0, 0.05) is 19.2 Å². The van der Waals surface area contributed by atoms with Crippen molar-refractivity contribution in [3.8, 4) is 0 Å². The summed E-state index contributed by atoms with van der Waals surface area (Å²) in [6.07, 6.45) is 0. The van der Waals surface area contributed by atoms with Gasteiger partial charge in [0.15, 0.2) is 0 Å². The van der Waals surface area contributed by atoms with E-state index in [4.69, 9.17) is 5.73 Å². The number of nitrogens with one attached hydrogen (secondary N) is 1. The Balaban J connectivity index is 1.81. The van der Waals surface area contributed by atoms with E-state index in [-0.39, 0.29) is 0 Å². The molecule has 2 rings (SSSR count). The predicted molar refractivity (Wildman–Crippen MR) is 56.1 cm³/mol. The molecule has 0 radical (unpaired) electrons. The zero-order valence-electron chi connectivity index (χ0n) is 7.66. The summed E-state index contributed by atoms with van der Waals surface area (Å²) >= 11 is 1.43. The van der Waals surface area contributed by atoms with Crippen molar-refractivity contribution >= 4 is 22.4 Å². The Kier molecular flexibility index (Phi) is 2.37. The van der Waals surface area contributed by atoms with Crippen LogP contribution in [0.3, 0.4) is 0 Å². The average molecular weight is 198 g/mol. The van der Waals surface area contributed by atoms with Gasteiger partial charge in [-0.1, -0.05) is 6.92 Å². The van der Waals surface area contributed by atoms with E-state index in [1.807, 2.05) is 6.07 Å². The molecule has 0 aromatic carbocycles. The van der Waals surface area contributed by atoms with Gasteiger partial charge in [-0.3, -0.25) is 4.90 Å². The maximum Gasteiger partial charge on any atom is 0.139 e. The molecule has 1 saturated heterocycles. The number of aromatic nitrogens is 1. The predicted octanol–water partition coefficient (Wildman–Crippen LogP) is 0.841. The zero-order valence-corrected chi connectivity index (χ0v) is 8.47. The lowest BCUT2D eigenvalue weighted by atomic mass is 10.1. The highest BCUT2D eigenvalue weighted by molar-refractivity contribution is 7.10. The zero-order chi connectivity index (χ0) is 9.26. The van der Waals surface area contributed by atoms with Gasteiger partial charge >= 0.3 is 0 Å². The van der Waals surface area contributed by atoms with Crippen molar-refractivity contribution < 1.29 is 0 Å². The van der Waals surface area contributed by atoms with Crippen LogP contribution >= 0.6 is 11.5 Å². The van der Waals surface area contributed by atoms with Crippen LogP contribution < -0.4 is 11.1 Å². The summed E-state index contributed by atoms with van der Waals surface area (Å²) in [5.41, 5.74) is 5.52. The Morgan fingerprint density at radius 1 is 1.77 bits per heavy atom. The third-order valence-corrected chi connectivity index (χ3v) is 3.01. The molecule has 1 fully saturated rings. The molecule has 1 aromatic rings. The van der Waals surface area contributed by atoms with Crippen LogP contribution in [0, 0.1) is 0 Å². The van der Waals surface area contributed by atoms with Crippen molar-refractivity contribution in [2.24, 2.45) is 0 Å². The Labute approximate surface area is 81.9 Å². The molecular formula is C8H14N4S. The largest absolute Gasteiger partial charge is 0.383 e. The summed E-state index contributed by atoms with van der Waals surface area (Å²) in [4.78, 5) is 2.39. The van der Waals surface area contributed by atoms with Gasteiger partial charge in [0.2, 0.25) is 0 Å². The molecule has 1 aromatic heterocycles. The van der Waals surface area contributed by atoms with E-state index in [1.54, 1.807) is 0 Å². The van der Waals surface area contributed by atoms with Crippen LogP contribution in [0.5, 0.6) is 0 Å². The number of rotatable bonds is 3. The molecule has 2 heterocycles. The van der Waals surface area contributed by atoms with Gasteiger partial charge in [0.05, 0.1) is 6.04 Å². The maximum absolute atomic E-state index is 5.52. The summed E-state index contributed by atoms with van der Waals surface area (Å²) in [5, 5.41) is 4.48. The van der Waals surface area contributed by atoms with E-state index >= 15 is 0 Å². The average Bonchev–Trinajstić information content (AvgIpc) is 2.43. The summed E-state index contributed by atoms with van der Waals surface area (Å²) < 4.78 is 4.01. The molecule has 0 bridgehead atoms. The second kappa shape index (κ2) is 3.51. The normalized spacial score (nSPS) is 18.5. The summed E-state index contributed by atoms with van der Waals surface area (Å²) in [5.74, 6) is 0.610. The Morgan fingerprint density at radius 2 is 2.54 bits per heavy atom. The molecule has 5 heteroatoms. The lowest BCUT2D eigenvalue weighted by molar-refractivity contribution is 0.171. The minimum atomic E-state index is 0.583. The molecule has 3 N–H and O–H groups in total. The number of nitrogens with zero attached hydrogens (tertiary/aromatic N) is 2. The van der Waals surface area contributed by atoms with E-state index < -0.39 is 0 Å². The van der Waals surface area contributed by atoms with Gasteiger partial charge in [-0.25, -0.2) is 0 Å². The highest BCUT2D eigenvalue weighted by Crippen LogP contribution is 2.21. The van der Waals surface area contributed by atoms with Crippen molar-refractivity contribution in [1.82, 2.24) is 9.27 Å². The third kappa shape index (κ3) is 1.92. The van der Waals surface area contributed by atoms with E-state index in [9.17, 15) is 0 Å². The first-order valence-corrected chi connectivity index (χ1v) is 5.26. The lowest BCUT2D eigenvalue weighted by Gasteiger charge is -2.38. The summed E-state index contributed by atoms with van der Waals surface area (Å²) in [7, 11) is 0. The smallest absolute Gasteiger partial charge is 0.139 e. The van der Waals surface area contributed by atoms with Gasteiger partial charge in [0.1, 0.15) is 10.8 Å². The number of nitrogen functional groups attached to an aromatic ring is 1. The van der Waals surface area contributed by atoms with Crippen LogP contribution in [0.25, 0.3) is 0 Å². The highest BCUT2D eigenvalue weighted by Gasteiger charge is 2.24. The highest BCUT2D eigenvalue weighted by atomic mass is 32.1. The van der Waals surface area contributed by atoms with Crippen LogP contribution in [0.15, 0.2) is 6.07 Å². The second-order valence-corrected chi connectivity index (χ2v) is 4.11. The van der Waals surface area contributed by atoms with E-state index in [2.05, 4.69) is 21.5 Å². The van der Waals surface area contributed by atoms with Crippen molar-refractivity contribution in [1.29, 1.82) is 0 Å². The molecule has 0 amide bonds.